The highest BCUT2D eigenvalue weighted by Gasteiger charge is 2.25. The lowest BCUT2D eigenvalue weighted by Gasteiger charge is -2.19. The van der Waals surface area contributed by atoms with Crippen LogP contribution < -0.4 is 11.1 Å². The van der Waals surface area contributed by atoms with Gasteiger partial charge in [-0.05, 0) is 43.7 Å². The van der Waals surface area contributed by atoms with Crippen molar-refractivity contribution in [1.29, 1.82) is 0 Å². The first-order chi connectivity index (χ1) is 13.4. The van der Waals surface area contributed by atoms with E-state index in [4.69, 9.17) is 5.73 Å². The van der Waals surface area contributed by atoms with Gasteiger partial charge < -0.3 is 5.73 Å². The lowest BCUT2D eigenvalue weighted by molar-refractivity contribution is -0.119. The van der Waals surface area contributed by atoms with Crippen molar-refractivity contribution in [3.05, 3.63) is 29.2 Å². The largest absolute Gasteiger partial charge is 0.351 e. The van der Waals surface area contributed by atoms with Gasteiger partial charge >= 0.3 is 6.03 Å². The maximum Gasteiger partial charge on any atom is 0.318 e. The molecule has 1 aliphatic rings. The lowest BCUT2D eigenvalue weighted by atomic mass is 9.87. The van der Waals surface area contributed by atoms with E-state index in [1.54, 1.807) is 24.3 Å². The zero-order valence-electron chi connectivity index (χ0n) is 16.1. The molecule has 0 unspecified atom stereocenters. The minimum absolute atomic E-state index is 0.454. The van der Waals surface area contributed by atoms with Gasteiger partial charge in [0.05, 0.1) is 10.1 Å². The summed E-state index contributed by atoms with van der Waals surface area (Å²) >= 11 is 3.02. The summed E-state index contributed by atoms with van der Waals surface area (Å²) < 4.78 is 1.96. The molecule has 0 saturated heterocycles. The molecule has 150 valence electrons. The molecule has 2 atom stereocenters. The van der Waals surface area contributed by atoms with Gasteiger partial charge in [0.15, 0.2) is 11.0 Å². The van der Waals surface area contributed by atoms with E-state index in [9.17, 15) is 9.59 Å². The predicted molar refractivity (Wildman–Crippen MR) is 112 cm³/mol. The molecular weight excluding hydrogens is 394 g/mol. The number of carbonyl (C=O) groups excluding carboxylic acids is 2. The number of rotatable bonds is 7. The summed E-state index contributed by atoms with van der Waals surface area (Å²) in [6, 6.07) is 1.38. The summed E-state index contributed by atoms with van der Waals surface area (Å²) in [4.78, 5) is 25.4. The van der Waals surface area contributed by atoms with Gasteiger partial charge in [-0.25, -0.2) is 4.79 Å². The number of hydrogen-bond donors (Lipinski definition) is 2. The highest BCUT2D eigenvalue weighted by molar-refractivity contribution is 8.00. The third-order valence-electron chi connectivity index (χ3n) is 4.91. The van der Waals surface area contributed by atoms with Crippen molar-refractivity contribution in [2.75, 3.05) is 0 Å². The van der Waals surface area contributed by atoms with Crippen LogP contribution in [-0.2, 0) is 24.2 Å². The first-order valence-electron chi connectivity index (χ1n) is 9.35. The minimum atomic E-state index is -0.861. The Labute approximate surface area is 172 Å². The van der Waals surface area contributed by atoms with E-state index >= 15 is 0 Å². The Morgan fingerprint density at radius 3 is 3.00 bits per heavy atom. The fourth-order valence-electron chi connectivity index (χ4n) is 3.34. The van der Waals surface area contributed by atoms with E-state index in [-0.39, 0.29) is 0 Å². The standard InChI is InChI=1S/C19H25N5O2S2/c1-4-8-24-16(15-10-13-9-12(5-2)6-7-14(13)28-15)22-23-19(24)27-11(3)17(25)21-18(20)26/h4,10-12H,1,5-9H2,2-3H3,(H3,20,21,25,26)/t11-,12+/m1/s1. The van der Waals surface area contributed by atoms with Gasteiger partial charge in [-0.2, -0.15) is 0 Å². The van der Waals surface area contributed by atoms with Crippen LogP contribution in [0.25, 0.3) is 10.7 Å². The number of nitrogens with two attached hydrogens (primary N) is 1. The highest BCUT2D eigenvalue weighted by Crippen LogP contribution is 2.38. The molecule has 2 aromatic rings. The number of fused-ring (bicyclic) bond motifs is 1. The van der Waals surface area contributed by atoms with E-state index in [0.29, 0.717) is 11.7 Å². The molecule has 7 nitrogen and oxygen atoms in total. The van der Waals surface area contributed by atoms with Crippen LogP contribution >= 0.6 is 23.1 Å². The van der Waals surface area contributed by atoms with E-state index in [2.05, 4.69) is 35.1 Å². The van der Waals surface area contributed by atoms with Crippen molar-refractivity contribution in [3.8, 4) is 10.7 Å². The molecule has 0 aromatic carbocycles. The van der Waals surface area contributed by atoms with Crippen molar-refractivity contribution in [3.63, 3.8) is 0 Å². The number of hydrogen-bond acceptors (Lipinski definition) is 6. The number of allylic oxidation sites excluding steroid dienone is 1. The first-order valence-corrected chi connectivity index (χ1v) is 11.1. The Morgan fingerprint density at radius 1 is 1.54 bits per heavy atom. The van der Waals surface area contributed by atoms with Gasteiger partial charge in [-0.15, -0.1) is 28.1 Å². The monoisotopic (exact) mass is 419 g/mol. The molecule has 2 heterocycles. The van der Waals surface area contributed by atoms with E-state index in [0.717, 1.165) is 29.5 Å². The normalized spacial score (nSPS) is 17.0. The smallest absolute Gasteiger partial charge is 0.318 e. The van der Waals surface area contributed by atoms with Gasteiger partial charge in [0.2, 0.25) is 5.91 Å². The number of nitrogens with zero attached hydrogens (tertiary/aromatic N) is 3. The fourth-order valence-corrected chi connectivity index (χ4v) is 5.40. The summed E-state index contributed by atoms with van der Waals surface area (Å²) in [5.41, 5.74) is 6.45. The molecule has 1 aliphatic carbocycles. The molecule has 9 heteroatoms. The maximum absolute atomic E-state index is 12.0. The Bertz CT molecular complexity index is 889. The molecule has 0 saturated carbocycles. The van der Waals surface area contributed by atoms with Crippen molar-refractivity contribution < 1.29 is 9.59 Å². The fraction of sp³-hybridized carbons (Fsp3) is 0.474. The zero-order valence-corrected chi connectivity index (χ0v) is 17.7. The molecule has 28 heavy (non-hydrogen) atoms. The van der Waals surface area contributed by atoms with Crippen molar-refractivity contribution in [2.24, 2.45) is 11.7 Å². The lowest BCUT2D eigenvalue weighted by Crippen LogP contribution is -2.39. The van der Waals surface area contributed by atoms with Crippen LogP contribution in [0.3, 0.4) is 0 Å². The third-order valence-corrected chi connectivity index (χ3v) is 7.22. The number of nitrogens with one attached hydrogen (secondary N) is 1. The molecule has 3 N–H and O–H groups in total. The molecule has 0 fully saturated rings. The van der Waals surface area contributed by atoms with Crippen molar-refractivity contribution in [2.45, 2.75) is 56.5 Å². The van der Waals surface area contributed by atoms with Gasteiger partial charge in [-0.3, -0.25) is 14.7 Å². The quantitative estimate of drug-likeness (QED) is 0.529. The molecule has 0 spiro atoms. The van der Waals surface area contributed by atoms with Gasteiger partial charge in [-0.1, -0.05) is 31.2 Å². The van der Waals surface area contributed by atoms with Crippen LogP contribution in [0.4, 0.5) is 4.79 Å². The van der Waals surface area contributed by atoms with E-state index < -0.39 is 17.2 Å². The number of carbonyl (C=O) groups is 2. The summed E-state index contributed by atoms with van der Waals surface area (Å²) in [7, 11) is 0. The van der Waals surface area contributed by atoms with Crippen LogP contribution in [-0.4, -0.2) is 32.0 Å². The van der Waals surface area contributed by atoms with Crippen molar-refractivity contribution >= 4 is 35.0 Å². The molecular formula is C19H25N5O2S2. The molecule has 3 amide bonds. The SMILES string of the molecule is C=CCn1c(S[C@H](C)C(=O)NC(N)=O)nnc1-c1cc2c(s1)CC[C@H](CC)C2. The van der Waals surface area contributed by atoms with E-state index in [1.807, 2.05) is 4.57 Å². The van der Waals surface area contributed by atoms with Crippen LogP contribution in [0.15, 0.2) is 23.9 Å². The Hall–Kier alpha value is -2.13. The molecule has 2 aromatic heterocycles. The van der Waals surface area contributed by atoms with Gasteiger partial charge in [0.25, 0.3) is 0 Å². The van der Waals surface area contributed by atoms with Gasteiger partial charge in [0.1, 0.15) is 0 Å². The number of thioether (sulfide) groups is 1. The average Bonchev–Trinajstić information content (AvgIpc) is 3.24. The number of imide groups is 1. The number of aryl methyl sites for hydroxylation is 1. The second-order valence-electron chi connectivity index (χ2n) is 6.90. The van der Waals surface area contributed by atoms with Crippen LogP contribution in [0.1, 0.15) is 37.1 Å². The number of aromatic nitrogens is 3. The molecule has 0 aliphatic heterocycles. The topological polar surface area (TPSA) is 103 Å². The average molecular weight is 420 g/mol. The molecule has 0 bridgehead atoms. The second-order valence-corrected chi connectivity index (χ2v) is 9.34. The van der Waals surface area contributed by atoms with Crippen LogP contribution in [0.2, 0.25) is 0 Å². The zero-order chi connectivity index (χ0) is 20.3. The molecule has 3 rings (SSSR count). The summed E-state index contributed by atoms with van der Waals surface area (Å²) in [6.07, 6.45) is 6.50. The van der Waals surface area contributed by atoms with Crippen LogP contribution in [0.5, 0.6) is 0 Å². The summed E-state index contributed by atoms with van der Waals surface area (Å²) in [5, 5.41) is 10.9. The number of urea groups is 1. The molecule has 0 radical (unpaired) electrons. The first kappa shape index (κ1) is 20.6. The summed E-state index contributed by atoms with van der Waals surface area (Å²) in [6.45, 7) is 8.32. The summed E-state index contributed by atoms with van der Waals surface area (Å²) in [5.74, 6) is 1.10. The minimum Gasteiger partial charge on any atom is -0.351 e. The highest BCUT2D eigenvalue weighted by atomic mass is 32.2. The maximum atomic E-state index is 12.0. The van der Waals surface area contributed by atoms with E-state index in [1.165, 1.54) is 35.0 Å². The number of thiophene rings is 1. The Balaban J connectivity index is 1.85. The van der Waals surface area contributed by atoms with Crippen LogP contribution in [0, 0.1) is 5.92 Å². The predicted octanol–water partition coefficient (Wildman–Crippen LogP) is 3.38. The van der Waals surface area contributed by atoms with Crippen molar-refractivity contribution in [1.82, 2.24) is 20.1 Å². The van der Waals surface area contributed by atoms with Gasteiger partial charge in [0, 0.05) is 11.4 Å². The number of amides is 3. The Kier molecular flexibility index (Phi) is 6.56. The Morgan fingerprint density at radius 2 is 2.32 bits per heavy atom. The number of primary amides is 1. The second kappa shape index (κ2) is 8.91. The third kappa shape index (κ3) is 4.47.